The fourth-order valence-corrected chi connectivity index (χ4v) is 3.42. The molecule has 1 aromatic heterocycles. The molecule has 0 radical (unpaired) electrons. The first kappa shape index (κ1) is 18.2. The molecule has 138 valence electrons. The van der Waals surface area contributed by atoms with E-state index in [2.05, 4.69) is 51.1 Å². The number of carbonyl (C=O) groups is 1. The summed E-state index contributed by atoms with van der Waals surface area (Å²) in [5, 5.41) is 3.06. The molecule has 2 aromatic rings. The average molecular weight is 353 g/mol. The van der Waals surface area contributed by atoms with E-state index in [1.165, 1.54) is 5.69 Å². The summed E-state index contributed by atoms with van der Waals surface area (Å²) in [6.45, 7) is 7.79. The Balaban J connectivity index is 1.60. The van der Waals surface area contributed by atoms with Gasteiger partial charge in [-0.1, -0.05) is 0 Å². The smallest absolute Gasteiger partial charge is 0.229 e. The summed E-state index contributed by atoms with van der Waals surface area (Å²) in [5.74, 6) is 0.727. The number of benzene rings is 1. The predicted molar refractivity (Wildman–Crippen MR) is 106 cm³/mol. The van der Waals surface area contributed by atoms with Gasteiger partial charge in [0.05, 0.1) is 5.92 Å². The van der Waals surface area contributed by atoms with Gasteiger partial charge in [-0.05, 0) is 57.0 Å². The quantitative estimate of drug-likeness (QED) is 0.864. The van der Waals surface area contributed by atoms with Gasteiger partial charge in [0.25, 0.3) is 0 Å². The van der Waals surface area contributed by atoms with Crippen molar-refractivity contribution in [3.05, 3.63) is 42.7 Å². The van der Waals surface area contributed by atoms with Crippen LogP contribution in [0.5, 0.6) is 0 Å². The SMILES string of the molecule is CCN(CC)c1ccc(NC(=O)C2CCCN(c3ncccn3)C2)cc1. The Morgan fingerprint density at radius 2 is 1.88 bits per heavy atom. The highest BCUT2D eigenvalue weighted by Crippen LogP contribution is 2.23. The van der Waals surface area contributed by atoms with Crippen LogP contribution in [-0.4, -0.2) is 42.1 Å². The molecule has 1 aromatic carbocycles. The first-order chi connectivity index (χ1) is 12.7. The fraction of sp³-hybridized carbons (Fsp3) is 0.450. The van der Waals surface area contributed by atoms with Crippen LogP contribution in [-0.2, 0) is 4.79 Å². The largest absolute Gasteiger partial charge is 0.372 e. The lowest BCUT2D eigenvalue weighted by molar-refractivity contribution is -0.120. The van der Waals surface area contributed by atoms with Crippen LogP contribution in [0.15, 0.2) is 42.7 Å². The van der Waals surface area contributed by atoms with Crippen LogP contribution >= 0.6 is 0 Å². The van der Waals surface area contributed by atoms with Crippen LogP contribution in [0.25, 0.3) is 0 Å². The van der Waals surface area contributed by atoms with Gasteiger partial charge < -0.3 is 15.1 Å². The Morgan fingerprint density at radius 1 is 1.19 bits per heavy atom. The molecule has 2 heterocycles. The first-order valence-corrected chi connectivity index (χ1v) is 9.39. The van der Waals surface area contributed by atoms with E-state index < -0.39 is 0 Å². The standard InChI is InChI=1S/C20H27N5O/c1-3-24(4-2)18-10-8-17(9-11-18)23-19(26)16-7-5-14-25(15-16)20-21-12-6-13-22-20/h6,8-13,16H,3-5,7,14-15H2,1-2H3,(H,23,26). The zero-order valence-electron chi connectivity index (χ0n) is 15.6. The topological polar surface area (TPSA) is 61.4 Å². The molecule has 1 amide bonds. The van der Waals surface area contributed by atoms with Gasteiger partial charge in [0.15, 0.2) is 0 Å². The number of piperidine rings is 1. The third-order valence-electron chi connectivity index (χ3n) is 4.89. The Kier molecular flexibility index (Phi) is 6.04. The van der Waals surface area contributed by atoms with E-state index in [-0.39, 0.29) is 11.8 Å². The van der Waals surface area contributed by atoms with Crippen LogP contribution in [0.1, 0.15) is 26.7 Å². The minimum Gasteiger partial charge on any atom is -0.372 e. The third-order valence-corrected chi connectivity index (χ3v) is 4.89. The molecule has 1 atom stereocenters. The summed E-state index contributed by atoms with van der Waals surface area (Å²) < 4.78 is 0. The van der Waals surface area contributed by atoms with Crippen LogP contribution in [0.2, 0.25) is 0 Å². The van der Waals surface area contributed by atoms with Gasteiger partial charge in [-0.2, -0.15) is 0 Å². The van der Waals surface area contributed by atoms with Crippen LogP contribution in [0, 0.1) is 5.92 Å². The number of aromatic nitrogens is 2. The summed E-state index contributed by atoms with van der Waals surface area (Å²) in [4.78, 5) is 25.7. The molecule has 3 rings (SSSR count). The molecule has 1 N–H and O–H groups in total. The van der Waals surface area contributed by atoms with Gasteiger partial charge in [-0.3, -0.25) is 4.79 Å². The number of amides is 1. The second-order valence-corrected chi connectivity index (χ2v) is 6.54. The van der Waals surface area contributed by atoms with Gasteiger partial charge in [-0.25, -0.2) is 9.97 Å². The van der Waals surface area contributed by atoms with E-state index >= 15 is 0 Å². The molecule has 1 aliphatic rings. The maximum atomic E-state index is 12.7. The van der Waals surface area contributed by atoms with Crippen molar-refractivity contribution >= 4 is 23.2 Å². The molecule has 0 aliphatic carbocycles. The zero-order chi connectivity index (χ0) is 18.4. The highest BCUT2D eigenvalue weighted by molar-refractivity contribution is 5.93. The second kappa shape index (κ2) is 8.65. The van der Waals surface area contributed by atoms with Crippen LogP contribution in [0.3, 0.4) is 0 Å². The predicted octanol–water partition coefficient (Wildman–Crippen LogP) is 3.18. The van der Waals surface area contributed by atoms with Crippen molar-refractivity contribution in [1.82, 2.24) is 9.97 Å². The molecule has 6 heteroatoms. The van der Waals surface area contributed by atoms with Crippen LogP contribution < -0.4 is 15.1 Å². The molecule has 1 unspecified atom stereocenters. The molecular weight excluding hydrogens is 326 g/mol. The van der Waals surface area contributed by atoms with Crippen molar-refractivity contribution < 1.29 is 4.79 Å². The number of anilines is 3. The van der Waals surface area contributed by atoms with Gasteiger partial charge in [0.1, 0.15) is 0 Å². The van der Waals surface area contributed by atoms with E-state index in [0.717, 1.165) is 38.2 Å². The second-order valence-electron chi connectivity index (χ2n) is 6.54. The average Bonchev–Trinajstić information content (AvgIpc) is 2.71. The van der Waals surface area contributed by atoms with Crippen molar-refractivity contribution in [2.45, 2.75) is 26.7 Å². The molecule has 0 spiro atoms. The maximum absolute atomic E-state index is 12.7. The first-order valence-electron chi connectivity index (χ1n) is 9.39. The highest BCUT2D eigenvalue weighted by atomic mass is 16.1. The number of nitrogens with one attached hydrogen (secondary N) is 1. The lowest BCUT2D eigenvalue weighted by atomic mass is 9.97. The summed E-state index contributed by atoms with van der Waals surface area (Å²) in [7, 11) is 0. The van der Waals surface area contributed by atoms with Crippen molar-refractivity contribution in [3.8, 4) is 0 Å². The van der Waals surface area contributed by atoms with E-state index in [9.17, 15) is 4.79 Å². The van der Waals surface area contributed by atoms with Gasteiger partial charge in [-0.15, -0.1) is 0 Å². The molecule has 0 bridgehead atoms. The summed E-state index contributed by atoms with van der Waals surface area (Å²) >= 11 is 0. The number of hydrogen-bond acceptors (Lipinski definition) is 5. The van der Waals surface area contributed by atoms with Crippen molar-refractivity contribution in [2.24, 2.45) is 5.92 Å². The molecule has 0 saturated carbocycles. The van der Waals surface area contributed by atoms with Crippen molar-refractivity contribution in [2.75, 3.05) is 41.3 Å². The monoisotopic (exact) mass is 353 g/mol. The number of rotatable bonds is 6. The Bertz CT molecular complexity index is 700. The summed E-state index contributed by atoms with van der Waals surface area (Å²) in [5.41, 5.74) is 2.03. The lowest BCUT2D eigenvalue weighted by Gasteiger charge is -2.31. The van der Waals surface area contributed by atoms with Gasteiger partial charge in [0.2, 0.25) is 11.9 Å². The third kappa shape index (κ3) is 4.31. The van der Waals surface area contributed by atoms with E-state index in [0.29, 0.717) is 12.5 Å². The Morgan fingerprint density at radius 3 is 2.54 bits per heavy atom. The normalized spacial score (nSPS) is 17.0. The molecule has 1 saturated heterocycles. The molecule has 6 nitrogen and oxygen atoms in total. The molecule has 1 aliphatic heterocycles. The zero-order valence-corrected chi connectivity index (χ0v) is 15.6. The number of carbonyl (C=O) groups excluding carboxylic acids is 1. The van der Waals surface area contributed by atoms with Crippen LogP contribution in [0.4, 0.5) is 17.3 Å². The lowest BCUT2D eigenvalue weighted by Crippen LogP contribution is -2.41. The minimum absolute atomic E-state index is 0.0463. The van der Waals surface area contributed by atoms with Crippen molar-refractivity contribution in [3.63, 3.8) is 0 Å². The Labute approximate surface area is 155 Å². The van der Waals surface area contributed by atoms with Gasteiger partial charge >= 0.3 is 0 Å². The summed E-state index contributed by atoms with van der Waals surface area (Å²) in [6, 6.07) is 9.89. The van der Waals surface area contributed by atoms with E-state index in [1.807, 2.05) is 12.1 Å². The fourth-order valence-electron chi connectivity index (χ4n) is 3.42. The minimum atomic E-state index is -0.0463. The van der Waals surface area contributed by atoms with E-state index in [4.69, 9.17) is 0 Å². The maximum Gasteiger partial charge on any atom is 0.229 e. The van der Waals surface area contributed by atoms with Crippen molar-refractivity contribution in [1.29, 1.82) is 0 Å². The van der Waals surface area contributed by atoms with Gasteiger partial charge in [0, 0.05) is 49.9 Å². The summed E-state index contributed by atoms with van der Waals surface area (Å²) in [6.07, 6.45) is 5.34. The van der Waals surface area contributed by atoms with E-state index in [1.54, 1.807) is 18.5 Å². The molecular formula is C20H27N5O. The Hall–Kier alpha value is -2.63. The molecule has 1 fully saturated rings. The molecule has 26 heavy (non-hydrogen) atoms. The highest BCUT2D eigenvalue weighted by Gasteiger charge is 2.27. The number of hydrogen-bond donors (Lipinski definition) is 1. The number of nitrogens with zero attached hydrogens (tertiary/aromatic N) is 4.